The van der Waals surface area contributed by atoms with Crippen molar-refractivity contribution in [3.05, 3.63) is 17.5 Å². The van der Waals surface area contributed by atoms with Crippen LogP contribution in [0.4, 0.5) is 18.0 Å². The minimum absolute atomic E-state index is 0.171. The summed E-state index contributed by atoms with van der Waals surface area (Å²) in [6.07, 6.45) is -4.70. The molecule has 0 aliphatic rings. The molecule has 2 N–H and O–H groups in total. The summed E-state index contributed by atoms with van der Waals surface area (Å²) in [6, 6.07) is -1.50. The van der Waals surface area contributed by atoms with Gasteiger partial charge in [-0.2, -0.15) is 18.3 Å². The lowest BCUT2D eigenvalue weighted by molar-refractivity contribution is -0.142. The number of nitrogens with one attached hydrogen (secondary N) is 2. The molecule has 1 unspecified atom stereocenters. The van der Waals surface area contributed by atoms with Crippen LogP contribution < -0.4 is 5.32 Å². The number of aromatic nitrogens is 2. The first-order valence-electron chi connectivity index (χ1n) is 5.60. The summed E-state index contributed by atoms with van der Waals surface area (Å²) in [4.78, 5) is 22.4. The Morgan fingerprint density at radius 2 is 2.05 bits per heavy atom. The lowest BCUT2D eigenvalue weighted by Crippen LogP contribution is -2.36. The van der Waals surface area contributed by atoms with Crippen LogP contribution in [0, 0.1) is 0 Å². The van der Waals surface area contributed by atoms with Crippen molar-refractivity contribution < 1.29 is 27.5 Å². The van der Waals surface area contributed by atoms with Crippen molar-refractivity contribution >= 4 is 12.4 Å². The minimum atomic E-state index is -4.71. The monoisotopic (exact) mass is 293 g/mol. The Labute approximate surface area is 112 Å². The molecule has 1 aromatic rings. The third-order valence-corrected chi connectivity index (χ3v) is 2.10. The molecular weight excluding hydrogens is 279 g/mol. The first kappa shape index (κ1) is 16.0. The average Bonchev–Trinajstić information content (AvgIpc) is 2.71. The summed E-state index contributed by atoms with van der Waals surface area (Å²) in [7, 11) is 0. The highest BCUT2D eigenvalue weighted by Gasteiger charge is 2.38. The standard InChI is InChI=1S/C11H14F3N3O3/c1-10(2,3)20-9(19)16-7(5-18)6-4-15-17-8(6)11(12,13)14/h4-5,7H,1-3H3,(H,15,17)(H,16,19). The highest BCUT2D eigenvalue weighted by molar-refractivity contribution is 5.74. The van der Waals surface area contributed by atoms with Crippen molar-refractivity contribution in [1.82, 2.24) is 15.5 Å². The Bertz CT molecular complexity index is 491. The molecule has 1 aromatic heterocycles. The second-order valence-corrected chi connectivity index (χ2v) is 4.96. The van der Waals surface area contributed by atoms with Crippen LogP contribution in [0.25, 0.3) is 0 Å². The summed E-state index contributed by atoms with van der Waals surface area (Å²) in [6.45, 7) is 4.75. The van der Waals surface area contributed by atoms with E-state index >= 15 is 0 Å². The van der Waals surface area contributed by atoms with Gasteiger partial charge in [-0.15, -0.1) is 0 Å². The number of hydrogen-bond acceptors (Lipinski definition) is 4. The maximum atomic E-state index is 12.7. The van der Waals surface area contributed by atoms with E-state index in [2.05, 4.69) is 5.10 Å². The van der Waals surface area contributed by atoms with Crippen LogP contribution in [-0.2, 0) is 15.7 Å². The first-order chi connectivity index (χ1) is 9.04. The van der Waals surface area contributed by atoms with Crippen molar-refractivity contribution in [3.63, 3.8) is 0 Å². The molecule has 0 aliphatic carbocycles. The molecule has 0 aromatic carbocycles. The molecule has 1 heterocycles. The Kier molecular flexibility index (Phi) is 4.41. The van der Waals surface area contributed by atoms with Gasteiger partial charge in [0.2, 0.25) is 0 Å². The molecule has 6 nitrogen and oxygen atoms in total. The molecule has 0 radical (unpaired) electrons. The van der Waals surface area contributed by atoms with Crippen LogP contribution in [0.2, 0.25) is 0 Å². The van der Waals surface area contributed by atoms with Crippen molar-refractivity contribution in [2.45, 2.75) is 38.6 Å². The summed E-state index contributed by atoms with van der Waals surface area (Å²) < 4.78 is 42.8. The van der Waals surface area contributed by atoms with Gasteiger partial charge in [0.25, 0.3) is 0 Å². The van der Waals surface area contributed by atoms with Crippen molar-refractivity contribution in [3.8, 4) is 0 Å². The first-order valence-corrected chi connectivity index (χ1v) is 5.60. The second-order valence-electron chi connectivity index (χ2n) is 4.96. The van der Waals surface area contributed by atoms with E-state index in [-0.39, 0.29) is 6.29 Å². The third-order valence-electron chi connectivity index (χ3n) is 2.10. The van der Waals surface area contributed by atoms with Crippen LogP contribution in [-0.4, -0.2) is 28.2 Å². The number of carbonyl (C=O) groups excluding carboxylic acids is 2. The van der Waals surface area contributed by atoms with Gasteiger partial charge in [-0.1, -0.05) is 0 Å². The van der Waals surface area contributed by atoms with Gasteiger partial charge in [0, 0.05) is 5.56 Å². The van der Waals surface area contributed by atoms with Crippen molar-refractivity contribution in [1.29, 1.82) is 0 Å². The lowest BCUT2D eigenvalue weighted by atomic mass is 10.1. The highest BCUT2D eigenvalue weighted by Crippen LogP contribution is 2.32. The predicted octanol–water partition coefficient (Wildman–Crippen LogP) is 2.19. The van der Waals surface area contributed by atoms with E-state index < -0.39 is 35.2 Å². The number of halogens is 3. The Morgan fingerprint density at radius 3 is 2.50 bits per heavy atom. The largest absolute Gasteiger partial charge is 0.444 e. The second kappa shape index (κ2) is 5.51. The fourth-order valence-electron chi connectivity index (χ4n) is 1.38. The molecule has 112 valence electrons. The number of aromatic amines is 1. The number of aldehydes is 1. The molecule has 0 saturated heterocycles. The van der Waals surface area contributed by atoms with E-state index in [4.69, 9.17) is 4.74 Å². The van der Waals surface area contributed by atoms with Crippen LogP contribution >= 0.6 is 0 Å². The number of H-pyrrole nitrogens is 1. The highest BCUT2D eigenvalue weighted by atomic mass is 19.4. The Morgan fingerprint density at radius 1 is 1.45 bits per heavy atom. The van der Waals surface area contributed by atoms with Gasteiger partial charge >= 0.3 is 12.3 Å². The van der Waals surface area contributed by atoms with Crippen LogP contribution in [0.1, 0.15) is 38.1 Å². The van der Waals surface area contributed by atoms with Gasteiger partial charge in [0.1, 0.15) is 23.6 Å². The van der Waals surface area contributed by atoms with Crippen LogP contribution in [0.15, 0.2) is 6.20 Å². The zero-order valence-corrected chi connectivity index (χ0v) is 11.0. The zero-order chi connectivity index (χ0) is 15.6. The van der Waals surface area contributed by atoms with Gasteiger partial charge in [0.05, 0.1) is 6.20 Å². The number of alkyl halides is 3. The average molecular weight is 293 g/mol. The molecule has 0 aliphatic heterocycles. The predicted molar refractivity (Wildman–Crippen MR) is 61.8 cm³/mol. The quantitative estimate of drug-likeness (QED) is 0.837. The Hall–Kier alpha value is -2.06. The van der Waals surface area contributed by atoms with E-state index in [0.717, 1.165) is 6.20 Å². The molecule has 1 atom stereocenters. The smallest absolute Gasteiger partial charge is 0.433 e. The molecule has 9 heteroatoms. The van der Waals surface area contributed by atoms with Gasteiger partial charge in [-0.3, -0.25) is 5.10 Å². The number of alkyl carbamates (subject to hydrolysis) is 1. The number of amides is 1. The zero-order valence-electron chi connectivity index (χ0n) is 11.0. The van der Waals surface area contributed by atoms with E-state index in [1.165, 1.54) is 0 Å². The fraction of sp³-hybridized carbons (Fsp3) is 0.545. The van der Waals surface area contributed by atoms with Gasteiger partial charge in [-0.25, -0.2) is 4.79 Å². The van der Waals surface area contributed by atoms with Gasteiger partial charge < -0.3 is 14.8 Å². The number of hydrogen-bond donors (Lipinski definition) is 2. The molecule has 0 bridgehead atoms. The molecule has 0 fully saturated rings. The van der Waals surface area contributed by atoms with E-state index in [0.29, 0.717) is 0 Å². The van der Waals surface area contributed by atoms with Crippen molar-refractivity contribution in [2.75, 3.05) is 0 Å². The number of ether oxygens (including phenoxy) is 1. The van der Waals surface area contributed by atoms with E-state index in [1.54, 1.807) is 25.9 Å². The number of carbonyl (C=O) groups is 2. The number of nitrogens with zero attached hydrogens (tertiary/aromatic N) is 1. The maximum absolute atomic E-state index is 12.7. The van der Waals surface area contributed by atoms with Gasteiger partial charge in [0.15, 0.2) is 0 Å². The van der Waals surface area contributed by atoms with Crippen LogP contribution in [0.3, 0.4) is 0 Å². The molecule has 1 rings (SSSR count). The summed E-state index contributed by atoms with van der Waals surface area (Å²) in [5.74, 6) is 0. The topological polar surface area (TPSA) is 84.1 Å². The van der Waals surface area contributed by atoms with E-state index in [1.807, 2.05) is 5.32 Å². The third kappa shape index (κ3) is 4.25. The molecular formula is C11H14F3N3O3. The fourth-order valence-corrected chi connectivity index (χ4v) is 1.38. The maximum Gasteiger partial charge on any atom is 0.433 e. The summed E-state index contributed by atoms with van der Waals surface area (Å²) in [5, 5.41) is 7.05. The van der Waals surface area contributed by atoms with Gasteiger partial charge in [-0.05, 0) is 20.8 Å². The number of rotatable bonds is 3. The lowest BCUT2D eigenvalue weighted by Gasteiger charge is -2.21. The normalized spacial score (nSPS) is 13.7. The molecule has 0 saturated carbocycles. The van der Waals surface area contributed by atoms with E-state index in [9.17, 15) is 22.8 Å². The molecule has 1 amide bonds. The van der Waals surface area contributed by atoms with Crippen LogP contribution in [0.5, 0.6) is 0 Å². The summed E-state index contributed by atoms with van der Waals surface area (Å²) in [5.41, 5.74) is -2.50. The Balaban J connectivity index is 2.90. The minimum Gasteiger partial charge on any atom is -0.444 e. The summed E-state index contributed by atoms with van der Waals surface area (Å²) >= 11 is 0. The molecule has 20 heavy (non-hydrogen) atoms. The molecule has 0 spiro atoms. The SMILES string of the molecule is CC(C)(C)OC(=O)NC(C=O)c1cn[nH]c1C(F)(F)F. The van der Waals surface area contributed by atoms with Crippen molar-refractivity contribution in [2.24, 2.45) is 0 Å².